The second-order valence-corrected chi connectivity index (χ2v) is 2.87. The monoisotopic (exact) mass is 186 g/mol. The lowest BCUT2D eigenvalue weighted by molar-refractivity contribution is 0.539. The third-order valence-electron chi connectivity index (χ3n) is 1.43. The van der Waals surface area contributed by atoms with Crippen molar-refractivity contribution >= 4 is 11.3 Å². The third kappa shape index (κ3) is 6.03. The van der Waals surface area contributed by atoms with Gasteiger partial charge in [-0.3, -0.25) is 9.35 Å². The summed E-state index contributed by atoms with van der Waals surface area (Å²) in [6, 6.07) is 8.36. The van der Waals surface area contributed by atoms with Gasteiger partial charge in [0.25, 0.3) is 0 Å². The Morgan fingerprint density at radius 1 is 1.25 bits per heavy atom. The van der Waals surface area contributed by atoms with Crippen LogP contribution in [0.5, 0.6) is 0 Å². The SMILES string of the molecule is Cc1ccccc1C.NS(=O)[O-]. The molecule has 1 atom stereocenters. The van der Waals surface area contributed by atoms with Crippen molar-refractivity contribution in [2.75, 3.05) is 0 Å². The van der Waals surface area contributed by atoms with Gasteiger partial charge < -0.3 is 4.55 Å². The van der Waals surface area contributed by atoms with E-state index in [1.54, 1.807) is 0 Å². The van der Waals surface area contributed by atoms with Gasteiger partial charge >= 0.3 is 0 Å². The zero-order chi connectivity index (χ0) is 9.56. The molecule has 0 aliphatic carbocycles. The van der Waals surface area contributed by atoms with E-state index in [-0.39, 0.29) is 0 Å². The number of benzene rings is 1. The summed E-state index contributed by atoms with van der Waals surface area (Å²) in [5.41, 5.74) is 2.74. The second kappa shape index (κ2) is 5.88. The minimum Gasteiger partial charge on any atom is -0.760 e. The summed E-state index contributed by atoms with van der Waals surface area (Å²) >= 11 is -2.36. The van der Waals surface area contributed by atoms with Crippen molar-refractivity contribution in [2.45, 2.75) is 13.8 Å². The highest BCUT2D eigenvalue weighted by Gasteiger charge is 1.83. The van der Waals surface area contributed by atoms with Crippen molar-refractivity contribution in [2.24, 2.45) is 5.14 Å². The summed E-state index contributed by atoms with van der Waals surface area (Å²) in [7, 11) is 0. The van der Waals surface area contributed by atoms with E-state index < -0.39 is 11.3 Å². The lowest BCUT2D eigenvalue weighted by Crippen LogP contribution is -1.97. The molecular formula is C8H12NO2S-. The van der Waals surface area contributed by atoms with Crippen LogP contribution < -0.4 is 5.14 Å². The number of hydrogen-bond acceptors (Lipinski definition) is 2. The van der Waals surface area contributed by atoms with Crippen molar-refractivity contribution in [1.29, 1.82) is 0 Å². The van der Waals surface area contributed by atoms with Crippen LogP contribution in [0.2, 0.25) is 0 Å². The minimum atomic E-state index is -2.36. The van der Waals surface area contributed by atoms with Crippen LogP contribution in [0.15, 0.2) is 24.3 Å². The van der Waals surface area contributed by atoms with E-state index in [2.05, 4.69) is 43.3 Å². The molecule has 0 fully saturated rings. The first kappa shape index (κ1) is 11.3. The first-order valence-corrected chi connectivity index (χ1v) is 4.53. The van der Waals surface area contributed by atoms with Crippen LogP contribution >= 0.6 is 0 Å². The van der Waals surface area contributed by atoms with Crippen LogP contribution in [0.3, 0.4) is 0 Å². The molecule has 0 aromatic heterocycles. The average Bonchev–Trinajstić information content (AvgIpc) is 1.94. The summed E-state index contributed by atoms with van der Waals surface area (Å²) < 4.78 is 17.6. The molecule has 0 aliphatic heterocycles. The molecule has 0 heterocycles. The Morgan fingerprint density at radius 2 is 1.50 bits per heavy atom. The van der Waals surface area contributed by atoms with E-state index in [4.69, 9.17) is 8.76 Å². The highest BCUT2D eigenvalue weighted by Crippen LogP contribution is 2.02. The number of rotatable bonds is 0. The molecule has 0 aliphatic rings. The smallest absolute Gasteiger partial charge is 0.0152 e. The van der Waals surface area contributed by atoms with Crippen molar-refractivity contribution in [3.05, 3.63) is 35.4 Å². The van der Waals surface area contributed by atoms with Gasteiger partial charge in [0.2, 0.25) is 0 Å². The predicted molar refractivity (Wildman–Crippen MR) is 49.0 cm³/mol. The lowest BCUT2D eigenvalue weighted by atomic mass is 10.1. The minimum absolute atomic E-state index is 1.37. The Hall–Kier alpha value is -0.710. The number of nitrogens with two attached hydrogens (primary N) is 1. The Bertz CT molecular complexity index is 238. The molecule has 0 saturated carbocycles. The van der Waals surface area contributed by atoms with Crippen molar-refractivity contribution in [1.82, 2.24) is 0 Å². The highest BCUT2D eigenvalue weighted by atomic mass is 32.2. The Kier molecular flexibility index (Phi) is 5.53. The van der Waals surface area contributed by atoms with E-state index >= 15 is 0 Å². The zero-order valence-electron chi connectivity index (χ0n) is 7.11. The molecule has 0 saturated heterocycles. The van der Waals surface area contributed by atoms with Gasteiger partial charge in [0, 0.05) is 11.3 Å². The second-order valence-electron chi connectivity index (χ2n) is 2.34. The topological polar surface area (TPSA) is 66.2 Å². The molecule has 1 unspecified atom stereocenters. The maximum absolute atomic E-state index is 8.78. The normalized spacial score (nSPS) is 11.3. The summed E-state index contributed by atoms with van der Waals surface area (Å²) in [5.74, 6) is 0. The van der Waals surface area contributed by atoms with Crippen LogP contribution in [0.25, 0.3) is 0 Å². The summed E-state index contributed by atoms with van der Waals surface area (Å²) in [6.07, 6.45) is 0. The molecule has 0 bridgehead atoms. The zero-order valence-corrected chi connectivity index (χ0v) is 7.93. The maximum Gasteiger partial charge on any atom is 0.0152 e. The number of aryl methyl sites for hydroxylation is 2. The van der Waals surface area contributed by atoms with Gasteiger partial charge in [-0.2, -0.15) is 0 Å². The van der Waals surface area contributed by atoms with Gasteiger partial charge in [0.1, 0.15) is 0 Å². The van der Waals surface area contributed by atoms with Crippen LogP contribution in [0.1, 0.15) is 11.1 Å². The van der Waals surface area contributed by atoms with Gasteiger partial charge in [-0.1, -0.05) is 24.3 Å². The molecule has 68 valence electrons. The van der Waals surface area contributed by atoms with Crippen LogP contribution in [-0.4, -0.2) is 8.76 Å². The largest absolute Gasteiger partial charge is 0.760 e. The van der Waals surface area contributed by atoms with E-state index in [9.17, 15) is 0 Å². The maximum atomic E-state index is 8.78. The molecule has 0 radical (unpaired) electrons. The lowest BCUT2D eigenvalue weighted by Gasteiger charge is -1.93. The van der Waals surface area contributed by atoms with Gasteiger partial charge in [-0.25, -0.2) is 0 Å². The van der Waals surface area contributed by atoms with Gasteiger partial charge in [0.15, 0.2) is 0 Å². The van der Waals surface area contributed by atoms with Crippen LogP contribution in [0, 0.1) is 13.8 Å². The molecule has 0 spiro atoms. The molecular weight excluding hydrogens is 174 g/mol. The molecule has 1 rings (SSSR count). The molecule has 1 aromatic rings. The molecule has 1 aromatic carbocycles. The first-order valence-electron chi connectivity index (χ1n) is 3.40. The fraction of sp³-hybridized carbons (Fsp3) is 0.250. The fourth-order valence-electron chi connectivity index (χ4n) is 0.663. The quantitative estimate of drug-likeness (QED) is 0.615. The summed E-state index contributed by atoms with van der Waals surface area (Å²) in [6.45, 7) is 4.24. The standard InChI is InChI=1S/C8H10.H3NO2S/c1-7-5-3-4-6-8(7)2;1-4(2)3/h3-6H,1-2H3;1H2,(H,2,3)/p-1. The molecule has 4 heteroatoms. The average molecular weight is 186 g/mol. The van der Waals surface area contributed by atoms with Gasteiger partial charge in [-0.05, 0) is 25.0 Å². The molecule has 2 N–H and O–H groups in total. The van der Waals surface area contributed by atoms with E-state index in [0.29, 0.717) is 0 Å². The molecule has 12 heavy (non-hydrogen) atoms. The Morgan fingerprint density at radius 3 is 1.67 bits per heavy atom. The van der Waals surface area contributed by atoms with E-state index in [1.807, 2.05) is 0 Å². The molecule has 3 nitrogen and oxygen atoms in total. The van der Waals surface area contributed by atoms with Crippen molar-refractivity contribution in [3.63, 3.8) is 0 Å². The first-order chi connectivity index (χ1) is 5.54. The highest BCUT2D eigenvalue weighted by molar-refractivity contribution is 7.76. The van der Waals surface area contributed by atoms with Crippen LogP contribution in [-0.2, 0) is 11.3 Å². The van der Waals surface area contributed by atoms with Crippen molar-refractivity contribution in [3.8, 4) is 0 Å². The Balaban J connectivity index is 0.000000261. The Labute approximate surface area is 75.0 Å². The predicted octanol–water partition coefficient (Wildman–Crippen LogP) is 1.04. The number of hydrogen-bond donors (Lipinski definition) is 1. The van der Waals surface area contributed by atoms with Crippen LogP contribution in [0.4, 0.5) is 0 Å². The van der Waals surface area contributed by atoms with Crippen molar-refractivity contribution < 1.29 is 8.76 Å². The molecule has 0 amide bonds. The third-order valence-corrected chi connectivity index (χ3v) is 1.43. The summed E-state index contributed by atoms with van der Waals surface area (Å²) in [5, 5.41) is 4.03. The van der Waals surface area contributed by atoms with E-state index in [0.717, 1.165) is 0 Å². The van der Waals surface area contributed by atoms with Gasteiger partial charge in [-0.15, -0.1) is 0 Å². The van der Waals surface area contributed by atoms with Gasteiger partial charge in [0.05, 0.1) is 0 Å². The fourth-order valence-corrected chi connectivity index (χ4v) is 0.663. The summed E-state index contributed by atoms with van der Waals surface area (Å²) in [4.78, 5) is 0. The van der Waals surface area contributed by atoms with E-state index in [1.165, 1.54) is 11.1 Å².